The van der Waals surface area contributed by atoms with Crippen LogP contribution in [0.15, 0.2) is 53.7 Å². The minimum Gasteiger partial charge on any atom is -0.490 e. The molecule has 0 aliphatic carbocycles. The third kappa shape index (κ3) is 6.82. The first-order valence-electron chi connectivity index (χ1n) is 9.75. The minimum atomic E-state index is -4.38. The lowest BCUT2D eigenvalue weighted by atomic mass is 10.1. The van der Waals surface area contributed by atoms with Gasteiger partial charge in [0.25, 0.3) is 0 Å². The third-order valence-corrected chi connectivity index (χ3v) is 4.63. The normalized spacial score (nSPS) is 15.7. The Hall–Kier alpha value is -2.97. The molecule has 1 aliphatic rings. The van der Waals surface area contributed by atoms with Crippen LogP contribution in [0.5, 0.6) is 11.6 Å². The summed E-state index contributed by atoms with van der Waals surface area (Å²) in [6.07, 6.45) is -0.930. The van der Waals surface area contributed by atoms with E-state index >= 15 is 0 Å². The summed E-state index contributed by atoms with van der Waals surface area (Å²) in [5.41, 5.74) is 0.817. The predicted molar refractivity (Wildman–Crippen MR) is 108 cm³/mol. The van der Waals surface area contributed by atoms with E-state index in [1.807, 2.05) is 30.3 Å². The molecule has 1 fully saturated rings. The first kappa shape index (κ1) is 21.7. The molecule has 0 spiro atoms. The van der Waals surface area contributed by atoms with Gasteiger partial charge in [0.1, 0.15) is 11.9 Å². The lowest BCUT2D eigenvalue weighted by molar-refractivity contribution is -0.154. The van der Waals surface area contributed by atoms with Crippen LogP contribution in [-0.2, 0) is 6.54 Å². The van der Waals surface area contributed by atoms with Crippen molar-refractivity contribution in [1.82, 2.24) is 15.2 Å². The van der Waals surface area contributed by atoms with Crippen molar-refractivity contribution in [3.63, 3.8) is 0 Å². The van der Waals surface area contributed by atoms with E-state index in [0.717, 1.165) is 43.2 Å². The van der Waals surface area contributed by atoms with Crippen molar-refractivity contribution in [2.75, 3.05) is 26.7 Å². The number of hydrogen-bond acceptors (Lipinski definition) is 4. The Kier molecular flexibility index (Phi) is 7.37. The SMILES string of the molecule is CN=C(NCc1ccc(OCC(F)(F)F)nc1)N1CCC(Oc2ccccc2)CC1. The average molecular weight is 422 g/mol. The number of hydrogen-bond donors (Lipinski definition) is 1. The quantitative estimate of drug-likeness (QED) is 0.569. The van der Waals surface area contributed by atoms with Crippen molar-refractivity contribution in [2.24, 2.45) is 4.99 Å². The zero-order valence-electron chi connectivity index (χ0n) is 16.7. The maximum absolute atomic E-state index is 12.2. The van der Waals surface area contributed by atoms with Gasteiger partial charge >= 0.3 is 6.18 Å². The molecule has 9 heteroatoms. The maximum atomic E-state index is 12.2. The van der Waals surface area contributed by atoms with E-state index in [2.05, 4.69) is 24.9 Å². The molecule has 0 bridgehead atoms. The largest absolute Gasteiger partial charge is 0.490 e. The number of benzene rings is 1. The maximum Gasteiger partial charge on any atom is 0.422 e. The Labute approximate surface area is 173 Å². The molecule has 2 aromatic rings. The summed E-state index contributed by atoms with van der Waals surface area (Å²) in [5.74, 6) is 1.60. The van der Waals surface area contributed by atoms with Crippen LogP contribution in [0.1, 0.15) is 18.4 Å². The van der Waals surface area contributed by atoms with E-state index in [0.29, 0.717) is 6.54 Å². The lowest BCUT2D eigenvalue weighted by Crippen LogP contribution is -2.47. The molecule has 162 valence electrons. The van der Waals surface area contributed by atoms with Crippen LogP contribution in [0.25, 0.3) is 0 Å². The fourth-order valence-electron chi connectivity index (χ4n) is 3.15. The summed E-state index contributed by atoms with van der Waals surface area (Å²) in [6.45, 7) is 0.743. The number of alkyl halides is 3. The lowest BCUT2D eigenvalue weighted by Gasteiger charge is -2.34. The van der Waals surface area contributed by atoms with Gasteiger partial charge in [-0.05, 0) is 17.7 Å². The van der Waals surface area contributed by atoms with E-state index in [-0.39, 0.29) is 12.0 Å². The molecule has 1 aromatic carbocycles. The Morgan fingerprint density at radius 3 is 2.50 bits per heavy atom. The van der Waals surface area contributed by atoms with E-state index < -0.39 is 12.8 Å². The van der Waals surface area contributed by atoms with Gasteiger partial charge in [-0.25, -0.2) is 4.98 Å². The van der Waals surface area contributed by atoms with Gasteiger partial charge in [-0.3, -0.25) is 4.99 Å². The van der Waals surface area contributed by atoms with Gasteiger partial charge in [0.15, 0.2) is 12.6 Å². The van der Waals surface area contributed by atoms with Gasteiger partial charge < -0.3 is 19.7 Å². The molecule has 1 aromatic heterocycles. The molecule has 3 rings (SSSR count). The fourth-order valence-corrected chi connectivity index (χ4v) is 3.15. The van der Waals surface area contributed by atoms with E-state index in [1.54, 1.807) is 13.1 Å². The number of ether oxygens (including phenoxy) is 2. The molecule has 6 nitrogen and oxygen atoms in total. The average Bonchev–Trinajstić information content (AvgIpc) is 2.75. The summed E-state index contributed by atoms with van der Waals surface area (Å²) in [4.78, 5) is 10.4. The highest BCUT2D eigenvalue weighted by atomic mass is 19.4. The van der Waals surface area contributed by atoms with Crippen molar-refractivity contribution in [3.05, 3.63) is 54.2 Å². The van der Waals surface area contributed by atoms with Crippen LogP contribution in [0.2, 0.25) is 0 Å². The second kappa shape index (κ2) is 10.2. The Morgan fingerprint density at radius 2 is 1.90 bits per heavy atom. The van der Waals surface area contributed by atoms with Gasteiger partial charge in [0.05, 0.1) is 0 Å². The molecule has 2 heterocycles. The van der Waals surface area contributed by atoms with E-state index in [1.165, 1.54) is 12.3 Å². The monoisotopic (exact) mass is 422 g/mol. The van der Waals surface area contributed by atoms with Crippen molar-refractivity contribution in [3.8, 4) is 11.6 Å². The Balaban J connectivity index is 1.44. The number of piperidine rings is 1. The minimum absolute atomic E-state index is 0.0547. The molecule has 0 unspecified atom stereocenters. The van der Waals surface area contributed by atoms with Crippen LogP contribution < -0.4 is 14.8 Å². The highest BCUT2D eigenvalue weighted by Gasteiger charge is 2.28. The highest BCUT2D eigenvalue weighted by Crippen LogP contribution is 2.19. The standard InChI is InChI=1S/C21H25F3N4O2/c1-25-20(27-14-16-7-8-19(26-13-16)29-15-21(22,23)24)28-11-9-18(10-12-28)30-17-5-3-2-4-6-17/h2-8,13,18H,9-12,14-15H2,1H3,(H,25,27). The van der Waals surface area contributed by atoms with Crippen molar-refractivity contribution >= 4 is 5.96 Å². The summed E-state index contributed by atoms with van der Waals surface area (Å²) in [6, 6.07) is 12.9. The van der Waals surface area contributed by atoms with Crippen LogP contribution in [-0.4, -0.2) is 54.9 Å². The molecule has 1 saturated heterocycles. The number of rotatable bonds is 6. The van der Waals surface area contributed by atoms with E-state index in [9.17, 15) is 13.2 Å². The van der Waals surface area contributed by atoms with Gasteiger partial charge in [0.2, 0.25) is 5.88 Å². The molecular formula is C21H25F3N4O2. The van der Waals surface area contributed by atoms with Crippen LogP contribution in [0, 0.1) is 0 Å². The summed E-state index contributed by atoms with van der Waals surface area (Å²) >= 11 is 0. The molecule has 0 amide bonds. The predicted octanol–water partition coefficient (Wildman–Crippen LogP) is 3.64. The van der Waals surface area contributed by atoms with Crippen LogP contribution >= 0.6 is 0 Å². The van der Waals surface area contributed by atoms with E-state index in [4.69, 9.17) is 4.74 Å². The molecule has 30 heavy (non-hydrogen) atoms. The number of guanidine groups is 1. The number of nitrogens with one attached hydrogen (secondary N) is 1. The summed E-state index contributed by atoms with van der Waals surface area (Å²) in [7, 11) is 1.72. The van der Waals surface area contributed by atoms with Crippen molar-refractivity contribution in [2.45, 2.75) is 31.7 Å². The number of para-hydroxylation sites is 1. The van der Waals surface area contributed by atoms with Crippen LogP contribution in [0.4, 0.5) is 13.2 Å². The topological polar surface area (TPSA) is 59.0 Å². The van der Waals surface area contributed by atoms with Crippen molar-refractivity contribution in [1.29, 1.82) is 0 Å². The van der Waals surface area contributed by atoms with Crippen molar-refractivity contribution < 1.29 is 22.6 Å². The molecule has 0 saturated carbocycles. The van der Waals surface area contributed by atoms with Gasteiger partial charge in [-0.1, -0.05) is 24.3 Å². The van der Waals surface area contributed by atoms with Crippen LogP contribution in [0.3, 0.4) is 0 Å². The first-order valence-corrected chi connectivity index (χ1v) is 9.75. The zero-order chi connectivity index (χ0) is 21.4. The number of pyridine rings is 1. The molecule has 0 radical (unpaired) electrons. The number of aliphatic imine (C=N–C) groups is 1. The molecule has 1 aliphatic heterocycles. The first-order chi connectivity index (χ1) is 14.4. The van der Waals surface area contributed by atoms with Gasteiger partial charge in [-0.2, -0.15) is 13.2 Å². The smallest absolute Gasteiger partial charge is 0.422 e. The second-order valence-electron chi connectivity index (χ2n) is 6.93. The zero-order valence-corrected chi connectivity index (χ0v) is 16.7. The molecule has 1 N–H and O–H groups in total. The van der Waals surface area contributed by atoms with Gasteiger partial charge in [-0.15, -0.1) is 0 Å². The summed E-state index contributed by atoms with van der Waals surface area (Å²) < 4.78 is 47.2. The molecular weight excluding hydrogens is 397 g/mol. The second-order valence-corrected chi connectivity index (χ2v) is 6.93. The highest BCUT2D eigenvalue weighted by molar-refractivity contribution is 5.79. The molecule has 0 atom stereocenters. The number of likely N-dealkylation sites (tertiary alicyclic amines) is 1. The number of aromatic nitrogens is 1. The number of halogens is 3. The van der Waals surface area contributed by atoms with Gasteiger partial charge in [0, 0.05) is 51.8 Å². The summed E-state index contributed by atoms with van der Waals surface area (Å²) in [5, 5.41) is 3.27. The Morgan fingerprint density at radius 1 is 1.17 bits per heavy atom. The fraction of sp³-hybridized carbons (Fsp3) is 0.429. The number of nitrogens with zero attached hydrogens (tertiary/aromatic N) is 3. The Bertz CT molecular complexity index is 805. The third-order valence-electron chi connectivity index (χ3n) is 4.63.